The number of ether oxygens (including phenoxy) is 1. The van der Waals surface area contributed by atoms with Crippen molar-refractivity contribution in [1.29, 1.82) is 0 Å². The van der Waals surface area contributed by atoms with E-state index in [0.717, 1.165) is 43.3 Å². The Bertz CT molecular complexity index is 1150. The van der Waals surface area contributed by atoms with Crippen LogP contribution in [0.4, 0.5) is 4.39 Å². The Labute approximate surface area is 201 Å². The number of nitrogens with zero attached hydrogens (tertiary/aromatic N) is 2. The summed E-state index contributed by atoms with van der Waals surface area (Å²) in [5.41, 5.74) is 6.18. The van der Waals surface area contributed by atoms with E-state index in [1.165, 1.54) is 12.1 Å². The van der Waals surface area contributed by atoms with Crippen LogP contribution in [0.1, 0.15) is 26.2 Å². The van der Waals surface area contributed by atoms with E-state index in [-0.39, 0.29) is 17.5 Å². The van der Waals surface area contributed by atoms with Crippen LogP contribution in [0, 0.1) is 5.82 Å². The molecule has 1 aliphatic rings. The maximum absolute atomic E-state index is 13.5. The van der Waals surface area contributed by atoms with E-state index in [1.54, 1.807) is 31.2 Å². The van der Waals surface area contributed by atoms with Gasteiger partial charge in [0.1, 0.15) is 16.7 Å². The molecule has 9 heteroatoms. The molecular formula is C24H24Cl2FN3O3. The number of likely N-dealkylation sites (tertiary alicyclic amines) is 1. The lowest BCUT2D eigenvalue weighted by Gasteiger charge is -2.29. The third-order valence-electron chi connectivity index (χ3n) is 5.30. The van der Waals surface area contributed by atoms with Crippen molar-refractivity contribution < 1.29 is 18.7 Å². The predicted octanol–water partition coefficient (Wildman–Crippen LogP) is 5.23. The van der Waals surface area contributed by atoms with Crippen LogP contribution in [0.3, 0.4) is 0 Å². The van der Waals surface area contributed by atoms with Gasteiger partial charge in [-0.3, -0.25) is 9.59 Å². The van der Waals surface area contributed by atoms with E-state index in [4.69, 9.17) is 32.7 Å². The summed E-state index contributed by atoms with van der Waals surface area (Å²) in [4.78, 5) is 27.5. The summed E-state index contributed by atoms with van der Waals surface area (Å²) in [7, 11) is 0. The van der Waals surface area contributed by atoms with Gasteiger partial charge < -0.3 is 15.4 Å². The Balaban J connectivity index is 0.000000968. The van der Waals surface area contributed by atoms with E-state index in [2.05, 4.69) is 10.7 Å². The molecule has 4 rings (SSSR count). The lowest BCUT2D eigenvalue weighted by molar-refractivity contribution is -0.138. The number of rotatable bonds is 4. The van der Waals surface area contributed by atoms with Crippen LogP contribution < -0.4 is 10.5 Å². The number of benzene rings is 2. The average molecular weight is 492 g/mol. The lowest BCUT2D eigenvalue weighted by Crippen LogP contribution is -2.43. The monoisotopic (exact) mass is 491 g/mol. The quantitative estimate of drug-likeness (QED) is 0.399. The van der Waals surface area contributed by atoms with Crippen molar-refractivity contribution in [1.82, 2.24) is 9.88 Å². The Kier molecular flexibility index (Phi) is 8.47. The largest absolute Gasteiger partial charge is 0.481 e. The van der Waals surface area contributed by atoms with Crippen LogP contribution in [0.25, 0.3) is 22.0 Å². The van der Waals surface area contributed by atoms with Crippen molar-refractivity contribution in [3.8, 4) is 16.9 Å². The molecule has 2 amide bonds. The number of amides is 2. The highest BCUT2D eigenvalue weighted by Gasteiger charge is 2.23. The zero-order chi connectivity index (χ0) is 24.0. The number of carbonyl (C=O) groups excluding carboxylic acids is 2. The minimum Gasteiger partial charge on any atom is -0.481 e. The van der Waals surface area contributed by atoms with Gasteiger partial charge in [-0.15, -0.1) is 0 Å². The first-order valence-corrected chi connectivity index (χ1v) is 11.3. The predicted molar refractivity (Wildman–Crippen MR) is 128 cm³/mol. The van der Waals surface area contributed by atoms with Crippen LogP contribution in [0.2, 0.25) is 10.2 Å². The zero-order valence-electron chi connectivity index (χ0n) is 18.1. The molecule has 174 valence electrons. The molecule has 2 N–H and O–H groups in total. The molecule has 1 aliphatic heterocycles. The summed E-state index contributed by atoms with van der Waals surface area (Å²) >= 11 is 12.5. The van der Waals surface area contributed by atoms with Gasteiger partial charge in [-0.25, -0.2) is 9.37 Å². The zero-order valence-corrected chi connectivity index (χ0v) is 19.6. The summed E-state index contributed by atoms with van der Waals surface area (Å²) in [5, 5.41) is 1.38. The third kappa shape index (κ3) is 6.12. The second kappa shape index (κ2) is 11.3. The topological polar surface area (TPSA) is 85.5 Å². The molecule has 6 nitrogen and oxygen atoms in total. The normalized spacial score (nSPS) is 14.2. The van der Waals surface area contributed by atoms with Crippen molar-refractivity contribution >= 4 is 46.4 Å². The molecular weight excluding hydrogens is 468 g/mol. The van der Waals surface area contributed by atoms with Crippen molar-refractivity contribution in [3.05, 3.63) is 58.5 Å². The van der Waals surface area contributed by atoms with E-state index < -0.39 is 11.9 Å². The maximum Gasteiger partial charge on any atom is 0.263 e. The van der Waals surface area contributed by atoms with Crippen molar-refractivity contribution in [2.24, 2.45) is 5.73 Å². The fourth-order valence-corrected chi connectivity index (χ4v) is 4.28. The smallest absolute Gasteiger partial charge is 0.263 e. The number of hydrogen-bond acceptors (Lipinski definition) is 4. The second-order valence-corrected chi connectivity index (χ2v) is 8.37. The summed E-state index contributed by atoms with van der Waals surface area (Å²) in [5.74, 6) is 0.121. The Morgan fingerprint density at radius 3 is 2.48 bits per heavy atom. The molecule has 0 aliphatic carbocycles. The number of aromatic nitrogens is 1. The Hall–Kier alpha value is -2.90. The molecule has 2 heterocycles. The molecule has 1 fully saturated rings. The number of piperidine rings is 1. The first-order chi connectivity index (χ1) is 15.8. The fraction of sp³-hybridized carbons (Fsp3) is 0.292. The standard InChI is InChI=1S/C23H21Cl2FN2O2.CH3NO/c1-14(23(29)28-9-3-2-4-10-28)30-16-6-8-18-19(13-22(25)27-21(18)12-16)17-7-5-15(26)11-20(17)24;2-1-3/h5-8,11-14H,2-4,9-10H2,1H3;1H,(H2,2,3). The number of nitrogens with two attached hydrogens (primary N) is 1. The summed E-state index contributed by atoms with van der Waals surface area (Å²) in [6.07, 6.45) is 2.89. The summed E-state index contributed by atoms with van der Waals surface area (Å²) in [6.45, 7) is 3.32. The van der Waals surface area contributed by atoms with Crippen LogP contribution in [-0.4, -0.2) is 41.4 Å². The van der Waals surface area contributed by atoms with E-state index in [0.29, 0.717) is 21.9 Å². The van der Waals surface area contributed by atoms with Gasteiger partial charge in [0, 0.05) is 30.1 Å². The number of halogens is 3. The van der Waals surface area contributed by atoms with Crippen LogP contribution in [0.15, 0.2) is 42.5 Å². The average Bonchev–Trinajstić information content (AvgIpc) is 2.79. The number of fused-ring (bicyclic) bond motifs is 1. The second-order valence-electron chi connectivity index (χ2n) is 7.58. The van der Waals surface area contributed by atoms with E-state index in [9.17, 15) is 9.18 Å². The molecule has 3 aromatic rings. The molecule has 1 atom stereocenters. The molecule has 1 saturated heterocycles. The minimum atomic E-state index is -0.592. The van der Waals surface area contributed by atoms with Gasteiger partial charge in [-0.05, 0) is 68.1 Å². The third-order valence-corrected chi connectivity index (χ3v) is 5.81. The Morgan fingerprint density at radius 2 is 1.82 bits per heavy atom. The van der Waals surface area contributed by atoms with Gasteiger partial charge in [-0.1, -0.05) is 23.2 Å². The number of carbonyl (C=O) groups is 2. The van der Waals surface area contributed by atoms with Gasteiger partial charge >= 0.3 is 0 Å². The van der Waals surface area contributed by atoms with Crippen LogP contribution in [-0.2, 0) is 9.59 Å². The highest BCUT2D eigenvalue weighted by Crippen LogP contribution is 2.36. The van der Waals surface area contributed by atoms with Crippen molar-refractivity contribution in [3.63, 3.8) is 0 Å². The molecule has 0 radical (unpaired) electrons. The minimum absolute atomic E-state index is 0.00682. The number of primary amides is 1. The van der Waals surface area contributed by atoms with Crippen LogP contribution in [0.5, 0.6) is 5.75 Å². The summed E-state index contributed by atoms with van der Waals surface area (Å²) < 4.78 is 19.4. The van der Waals surface area contributed by atoms with Crippen molar-refractivity contribution in [2.45, 2.75) is 32.3 Å². The molecule has 1 aromatic heterocycles. The fourth-order valence-electron chi connectivity index (χ4n) is 3.81. The molecule has 33 heavy (non-hydrogen) atoms. The maximum atomic E-state index is 13.5. The van der Waals surface area contributed by atoms with Crippen LogP contribution >= 0.6 is 23.2 Å². The highest BCUT2D eigenvalue weighted by molar-refractivity contribution is 6.34. The van der Waals surface area contributed by atoms with E-state index in [1.807, 2.05) is 11.0 Å². The van der Waals surface area contributed by atoms with Gasteiger partial charge in [0.2, 0.25) is 6.41 Å². The molecule has 0 bridgehead atoms. The van der Waals surface area contributed by atoms with E-state index >= 15 is 0 Å². The lowest BCUT2D eigenvalue weighted by atomic mass is 10.0. The summed E-state index contributed by atoms with van der Waals surface area (Å²) in [6, 6.07) is 11.3. The van der Waals surface area contributed by atoms with Gasteiger partial charge in [0.25, 0.3) is 5.91 Å². The Morgan fingerprint density at radius 1 is 1.12 bits per heavy atom. The van der Waals surface area contributed by atoms with Gasteiger partial charge in [-0.2, -0.15) is 0 Å². The van der Waals surface area contributed by atoms with Gasteiger partial charge in [0.05, 0.1) is 10.5 Å². The van der Waals surface area contributed by atoms with Gasteiger partial charge in [0.15, 0.2) is 6.10 Å². The van der Waals surface area contributed by atoms with Crippen molar-refractivity contribution in [2.75, 3.05) is 13.1 Å². The molecule has 0 saturated carbocycles. The first-order valence-electron chi connectivity index (χ1n) is 10.5. The first kappa shape index (κ1) is 24.7. The number of pyridine rings is 1. The number of hydrogen-bond donors (Lipinski definition) is 1. The molecule has 2 aromatic carbocycles. The molecule has 0 spiro atoms. The SMILES string of the molecule is CC(Oc1ccc2c(-c3ccc(F)cc3Cl)cc(Cl)nc2c1)C(=O)N1CCCCC1.NC=O. The highest BCUT2D eigenvalue weighted by atomic mass is 35.5. The molecule has 1 unspecified atom stereocenters.